The van der Waals surface area contributed by atoms with Crippen LogP contribution >= 0.6 is 15.9 Å². The van der Waals surface area contributed by atoms with E-state index in [1.54, 1.807) is 0 Å². The monoisotopic (exact) mass is 343 g/mol. The van der Waals surface area contributed by atoms with Crippen molar-refractivity contribution in [2.45, 2.75) is 78.8 Å². The highest BCUT2D eigenvalue weighted by Crippen LogP contribution is 2.24. The van der Waals surface area contributed by atoms with Gasteiger partial charge in [-0.25, -0.2) is 0 Å². The average molecular weight is 344 g/mol. The molecule has 4 heteroatoms. The van der Waals surface area contributed by atoms with Crippen LogP contribution in [0.4, 0.5) is 0 Å². The van der Waals surface area contributed by atoms with Crippen LogP contribution in [0.1, 0.15) is 64.8 Å². The van der Waals surface area contributed by atoms with Gasteiger partial charge in [0.05, 0.1) is 15.9 Å². The maximum Gasteiger partial charge on any atom is 0.0766 e. The third kappa shape index (κ3) is 4.88. The maximum absolute atomic E-state index is 4.70. The smallest absolute Gasteiger partial charge is 0.0766 e. The fourth-order valence-corrected chi connectivity index (χ4v) is 3.25. The zero-order chi connectivity index (χ0) is 15.0. The van der Waals surface area contributed by atoms with E-state index in [-0.39, 0.29) is 0 Å². The molecule has 1 atom stereocenters. The molecule has 1 aromatic rings. The summed E-state index contributed by atoms with van der Waals surface area (Å²) in [6, 6.07) is 0.568. The van der Waals surface area contributed by atoms with Gasteiger partial charge in [-0.2, -0.15) is 5.10 Å². The van der Waals surface area contributed by atoms with Crippen molar-refractivity contribution in [1.29, 1.82) is 0 Å². The van der Waals surface area contributed by atoms with Crippen molar-refractivity contribution in [3.8, 4) is 0 Å². The highest BCUT2D eigenvalue weighted by atomic mass is 79.9. The van der Waals surface area contributed by atoms with E-state index < -0.39 is 0 Å². The van der Waals surface area contributed by atoms with Crippen LogP contribution in [0, 0.1) is 0 Å². The normalized spacial score (nSPS) is 12.8. The number of hydrogen-bond acceptors (Lipinski definition) is 2. The van der Waals surface area contributed by atoms with Crippen LogP contribution in [0.3, 0.4) is 0 Å². The van der Waals surface area contributed by atoms with Gasteiger partial charge in [0.2, 0.25) is 0 Å². The molecule has 1 aromatic heterocycles. The first-order chi connectivity index (χ1) is 9.67. The van der Waals surface area contributed by atoms with Gasteiger partial charge in [0, 0.05) is 19.0 Å². The van der Waals surface area contributed by atoms with E-state index in [0.717, 1.165) is 25.9 Å². The molecule has 0 spiro atoms. The minimum atomic E-state index is 0.568. The number of unbranched alkanes of at least 4 members (excludes halogenated alkanes) is 1. The van der Waals surface area contributed by atoms with Crippen molar-refractivity contribution in [1.82, 2.24) is 15.1 Å². The Morgan fingerprint density at radius 3 is 2.50 bits per heavy atom. The molecule has 0 aromatic carbocycles. The third-order valence-electron chi connectivity index (χ3n) is 3.72. The number of aromatic nitrogens is 2. The Hall–Kier alpha value is -0.350. The van der Waals surface area contributed by atoms with Gasteiger partial charge in [-0.1, -0.05) is 33.6 Å². The Labute approximate surface area is 132 Å². The summed E-state index contributed by atoms with van der Waals surface area (Å²) in [4.78, 5) is 0. The second kappa shape index (κ2) is 9.56. The van der Waals surface area contributed by atoms with E-state index in [1.807, 2.05) is 0 Å². The molecule has 0 radical (unpaired) electrons. The number of aryl methyl sites for hydroxylation is 2. The fourth-order valence-electron chi connectivity index (χ4n) is 2.52. The number of nitrogens with zero attached hydrogens (tertiary/aromatic N) is 2. The number of halogens is 1. The van der Waals surface area contributed by atoms with Gasteiger partial charge in [0.25, 0.3) is 0 Å². The van der Waals surface area contributed by atoms with Gasteiger partial charge < -0.3 is 5.32 Å². The summed E-state index contributed by atoms with van der Waals surface area (Å²) in [5.74, 6) is 0. The van der Waals surface area contributed by atoms with Gasteiger partial charge >= 0.3 is 0 Å². The first-order valence-corrected chi connectivity index (χ1v) is 8.94. The van der Waals surface area contributed by atoms with E-state index >= 15 is 0 Å². The van der Waals surface area contributed by atoms with E-state index in [1.165, 1.54) is 41.5 Å². The number of rotatable bonds is 10. The Morgan fingerprint density at radius 1 is 1.20 bits per heavy atom. The summed E-state index contributed by atoms with van der Waals surface area (Å²) in [5, 5.41) is 8.40. The van der Waals surface area contributed by atoms with Crippen LogP contribution in [-0.4, -0.2) is 22.4 Å². The van der Waals surface area contributed by atoms with Crippen LogP contribution < -0.4 is 5.32 Å². The lowest BCUT2D eigenvalue weighted by Gasteiger charge is -2.19. The van der Waals surface area contributed by atoms with E-state index in [4.69, 9.17) is 5.10 Å². The number of nitrogens with one attached hydrogen (secondary N) is 1. The Balaban J connectivity index is 2.82. The summed E-state index contributed by atoms with van der Waals surface area (Å²) < 4.78 is 3.39. The molecule has 0 aliphatic rings. The topological polar surface area (TPSA) is 29.9 Å². The Bertz CT molecular complexity index is 379. The maximum atomic E-state index is 4.70. The highest BCUT2D eigenvalue weighted by Gasteiger charge is 2.18. The second-order valence-electron chi connectivity index (χ2n) is 5.37. The first-order valence-electron chi connectivity index (χ1n) is 8.15. The van der Waals surface area contributed by atoms with E-state index in [2.05, 4.69) is 53.6 Å². The SMILES string of the molecule is CCCCC(Cc1c(Br)c(CC)nn1CC)NCCC. The van der Waals surface area contributed by atoms with Gasteiger partial charge in [0.1, 0.15) is 0 Å². The zero-order valence-corrected chi connectivity index (χ0v) is 15.1. The predicted octanol–water partition coefficient (Wildman–Crippen LogP) is 4.33. The Morgan fingerprint density at radius 2 is 1.95 bits per heavy atom. The molecule has 1 rings (SSSR count). The van der Waals surface area contributed by atoms with Crippen LogP contribution in [0.2, 0.25) is 0 Å². The molecular weight excluding hydrogens is 314 g/mol. The first kappa shape index (κ1) is 17.7. The molecule has 0 saturated carbocycles. The predicted molar refractivity (Wildman–Crippen MR) is 90.3 cm³/mol. The lowest BCUT2D eigenvalue weighted by Crippen LogP contribution is -2.32. The minimum absolute atomic E-state index is 0.568. The summed E-state index contributed by atoms with van der Waals surface area (Å²) in [5.41, 5.74) is 2.54. The molecule has 1 unspecified atom stereocenters. The summed E-state index contributed by atoms with van der Waals surface area (Å²) in [6.07, 6.45) is 7.05. The fraction of sp³-hybridized carbons (Fsp3) is 0.812. The van der Waals surface area contributed by atoms with Crippen LogP contribution in [0.25, 0.3) is 0 Å². The molecule has 116 valence electrons. The molecule has 20 heavy (non-hydrogen) atoms. The Kier molecular flexibility index (Phi) is 8.46. The molecule has 1 heterocycles. The van der Waals surface area contributed by atoms with Crippen LogP contribution in [0.15, 0.2) is 4.47 Å². The van der Waals surface area contributed by atoms with E-state index in [9.17, 15) is 0 Å². The standard InChI is InChI=1S/C16H30BrN3/c1-5-9-10-13(18-11-6-2)12-15-16(17)14(7-3)19-20(15)8-4/h13,18H,5-12H2,1-4H3. The highest BCUT2D eigenvalue weighted by molar-refractivity contribution is 9.10. The van der Waals surface area contributed by atoms with Crippen LogP contribution in [-0.2, 0) is 19.4 Å². The molecule has 3 nitrogen and oxygen atoms in total. The van der Waals surface area contributed by atoms with Gasteiger partial charge in [-0.15, -0.1) is 0 Å². The third-order valence-corrected chi connectivity index (χ3v) is 4.64. The van der Waals surface area contributed by atoms with E-state index in [0.29, 0.717) is 6.04 Å². The molecule has 0 aliphatic carbocycles. The van der Waals surface area contributed by atoms with Crippen molar-refractivity contribution in [2.24, 2.45) is 0 Å². The summed E-state index contributed by atoms with van der Waals surface area (Å²) >= 11 is 3.76. The molecule has 0 amide bonds. The minimum Gasteiger partial charge on any atom is -0.314 e. The van der Waals surface area contributed by atoms with Crippen LogP contribution in [0.5, 0.6) is 0 Å². The van der Waals surface area contributed by atoms with Crippen molar-refractivity contribution >= 4 is 15.9 Å². The van der Waals surface area contributed by atoms with Crippen molar-refractivity contribution in [3.05, 3.63) is 15.9 Å². The lowest BCUT2D eigenvalue weighted by molar-refractivity contribution is 0.447. The molecule has 0 bridgehead atoms. The summed E-state index contributed by atoms with van der Waals surface area (Å²) in [7, 11) is 0. The van der Waals surface area contributed by atoms with Gasteiger partial charge in [-0.3, -0.25) is 4.68 Å². The second-order valence-corrected chi connectivity index (χ2v) is 6.17. The largest absolute Gasteiger partial charge is 0.314 e. The zero-order valence-electron chi connectivity index (χ0n) is 13.5. The quantitative estimate of drug-likeness (QED) is 0.685. The average Bonchev–Trinajstić information content (AvgIpc) is 2.77. The molecule has 0 saturated heterocycles. The lowest BCUT2D eigenvalue weighted by atomic mass is 10.0. The van der Waals surface area contributed by atoms with Gasteiger partial charge in [0.15, 0.2) is 0 Å². The molecule has 0 aliphatic heterocycles. The van der Waals surface area contributed by atoms with Gasteiger partial charge in [-0.05, 0) is 48.7 Å². The van der Waals surface area contributed by atoms with Crippen molar-refractivity contribution in [2.75, 3.05) is 6.54 Å². The van der Waals surface area contributed by atoms with Crippen molar-refractivity contribution < 1.29 is 0 Å². The molecule has 1 N–H and O–H groups in total. The number of hydrogen-bond donors (Lipinski definition) is 1. The molecular formula is C16H30BrN3. The summed E-state index contributed by atoms with van der Waals surface area (Å²) in [6.45, 7) is 10.9. The molecule has 0 fully saturated rings. The van der Waals surface area contributed by atoms with Crippen molar-refractivity contribution in [3.63, 3.8) is 0 Å².